The average Bonchev–Trinajstić information content (AvgIpc) is 3.26. The molecule has 0 saturated heterocycles. The molecule has 1 aromatic heterocycles. The highest BCUT2D eigenvalue weighted by atomic mass is 32.1. The van der Waals surface area contributed by atoms with Crippen LogP contribution in [0, 0.1) is 0 Å². The number of aromatic amines is 1. The summed E-state index contributed by atoms with van der Waals surface area (Å²) in [5.41, 5.74) is 5.89. The minimum atomic E-state index is -1.51. The highest BCUT2D eigenvalue weighted by molar-refractivity contribution is 7.80. The number of carbonyl (C=O) groups is 6. The minimum Gasteiger partial charge on any atom is -0.481 e. The molecule has 0 bridgehead atoms. The highest BCUT2D eigenvalue weighted by Gasteiger charge is 2.31. The lowest BCUT2D eigenvalue weighted by Gasteiger charge is -2.24. The molecule has 4 atom stereocenters. The predicted octanol–water partition coefficient (Wildman–Crippen LogP) is -2.91. The van der Waals surface area contributed by atoms with Gasteiger partial charge in [0, 0.05) is 30.5 Å². The van der Waals surface area contributed by atoms with Gasteiger partial charge in [-0.05, 0) is 6.42 Å². The summed E-state index contributed by atoms with van der Waals surface area (Å²) in [5.74, 6) is -7.07. The minimum absolute atomic E-state index is 0.144. The van der Waals surface area contributed by atoms with Crippen LogP contribution < -0.4 is 21.7 Å². The van der Waals surface area contributed by atoms with Crippen LogP contribution >= 0.6 is 12.6 Å². The maximum absolute atomic E-state index is 12.9. The van der Waals surface area contributed by atoms with Crippen molar-refractivity contribution in [3.8, 4) is 0 Å². The molecule has 0 radical (unpaired) electrons. The van der Waals surface area contributed by atoms with Gasteiger partial charge < -0.3 is 42.0 Å². The van der Waals surface area contributed by atoms with E-state index in [1.54, 1.807) is 0 Å². The lowest BCUT2D eigenvalue weighted by molar-refractivity contribution is -0.141. The van der Waals surface area contributed by atoms with Gasteiger partial charge in [0.1, 0.15) is 18.1 Å². The Morgan fingerprint density at radius 2 is 1.53 bits per heavy atom. The topological polar surface area (TPSA) is 254 Å². The first-order valence-corrected chi connectivity index (χ1v) is 10.5. The van der Waals surface area contributed by atoms with E-state index in [2.05, 4.69) is 38.5 Å². The number of amides is 3. The Hall–Kier alpha value is -3.66. The summed E-state index contributed by atoms with van der Waals surface area (Å²) >= 11 is 3.86. The van der Waals surface area contributed by atoms with E-state index < -0.39 is 72.6 Å². The highest BCUT2D eigenvalue weighted by Crippen LogP contribution is 2.05. The molecule has 0 saturated carbocycles. The van der Waals surface area contributed by atoms with Crippen molar-refractivity contribution in [2.45, 2.75) is 49.9 Å². The molecule has 3 amide bonds. The number of nitrogens with zero attached hydrogens (tertiary/aromatic N) is 1. The zero-order valence-electron chi connectivity index (χ0n) is 17.8. The second-order valence-corrected chi connectivity index (χ2v) is 7.49. The first kappa shape index (κ1) is 28.4. The predicted molar refractivity (Wildman–Crippen MR) is 117 cm³/mol. The number of nitrogens with two attached hydrogens (primary N) is 1. The summed E-state index contributed by atoms with van der Waals surface area (Å²) in [5, 5.41) is 33.6. The van der Waals surface area contributed by atoms with Crippen molar-refractivity contribution in [2.24, 2.45) is 5.73 Å². The number of carboxylic acids is 3. The van der Waals surface area contributed by atoms with E-state index in [1.165, 1.54) is 12.5 Å². The summed E-state index contributed by atoms with van der Waals surface area (Å²) in [6.45, 7) is 0. The maximum atomic E-state index is 12.9. The number of thiol groups is 1. The largest absolute Gasteiger partial charge is 0.481 e. The Labute approximate surface area is 198 Å². The molecule has 0 aliphatic carbocycles. The van der Waals surface area contributed by atoms with E-state index in [1.807, 2.05) is 0 Å². The number of nitrogens with one attached hydrogen (secondary N) is 4. The molecular weight excluding hydrogens is 476 g/mol. The zero-order valence-corrected chi connectivity index (χ0v) is 18.7. The second kappa shape index (κ2) is 13.8. The average molecular weight is 503 g/mol. The van der Waals surface area contributed by atoms with Gasteiger partial charge in [-0.15, -0.1) is 0 Å². The Morgan fingerprint density at radius 3 is 2.03 bits per heavy atom. The van der Waals surface area contributed by atoms with Gasteiger partial charge >= 0.3 is 17.9 Å². The molecule has 0 spiro atoms. The molecule has 188 valence electrons. The van der Waals surface area contributed by atoms with Crippen molar-refractivity contribution < 1.29 is 44.1 Å². The monoisotopic (exact) mass is 502 g/mol. The normalized spacial score (nSPS) is 14.2. The number of H-pyrrole nitrogens is 1. The summed E-state index contributed by atoms with van der Waals surface area (Å²) in [7, 11) is 0. The van der Waals surface area contributed by atoms with Crippen molar-refractivity contribution >= 4 is 48.3 Å². The number of hydrogen-bond donors (Lipinski definition) is 9. The van der Waals surface area contributed by atoms with Crippen molar-refractivity contribution in [3.05, 3.63) is 18.2 Å². The first-order valence-electron chi connectivity index (χ1n) is 9.85. The lowest BCUT2D eigenvalue weighted by Crippen LogP contribution is -2.58. The van der Waals surface area contributed by atoms with E-state index in [0.717, 1.165) is 0 Å². The Morgan fingerprint density at radius 1 is 0.941 bits per heavy atom. The Kier molecular flexibility index (Phi) is 11.5. The molecule has 0 aliphatic heterocycles. The number of hydrogen-bond acceptors (Lipinski definition) is 9. The summed E-state index contributed by atoms with van der Waals surface area (Å²) in [4.78, 5) is 77.2. The van der Waals surface area contributed by atoms with E-state index in [0.29, 0.717) is 5.69 Å². The standard InChI is InChI=1S/C18H26N6O9S/c19-9(4-14(27)28)15(29)22-10(1-2-13(25)26)16(30)23-11(3-8-5-20-7-21-8)17(31)24-12(6-34)18(32)33/h5,7,9-12,34H,1-4,6,19H2,(H,20,21)(H,22,29)(H,23,30)(H,24,31)(H,25,26)(H,27,28)(H,32,33). The van der Waals surface area contributed by atoms with Crippen LogP contribution in [0.25, 0.3) is 0 Å². The summed E-state index contributed by atoms with van der Waals surface area (Å²) < 4.78 is 0. The molecule has 9 N–H and O–H groups in total. The molecule has 0 aliphatic rings. The third-order valence-corrected chi connectivity index (χ3v) is 4.79. The molecular formula is C18H26N6O9S. The molecule has 15 nitrogen and oxygen atoms in total. The molecule has 16 heteroatoms. The Balaban J connectivity index is 3.05. The number of rotatable bonds is 15. The third kappa shape index (κ3) is 9.86. The molecule has 0 aromatic carbocycles. The maximum Gasteiger partial charge on any atom is 0.327 e. The van der Waals surface area contributed by atoms with Crippen LogP contribution in [0.1, 0.15) is 25.0 Å². The first-order chi connectivity index (χ1) is 15.9. The van der Waals surface area contributed by atoms with E-state index >= 15 is 0 Å². The molecule has 34 heavy (non-hydrogen) atoms. The zero-order chi connectivity index (χ0) is 25.8. The van der Waals surface area contributed by atoms with Gasteiger partial charge in [0.05, 0.1) is 18.8 Å². The van der Waals surface area contributed by atoms with E-state index in [9.17, 15) is 28.8 Å². The Bertz CT molecular complexity index is 894. The number of imidazole rings is 1. The van der Waals surface area contributed by atoms with Crippen molar-refractivity contribution in [3.63, 3.8) is 0 Å². The number of aliphatic carboxylic acids is 3. The lowest BCUT2D eigenvalue weighted by atomic mass is 10.1. The summed E-state index contributed by atoms with van der Waals surface area (Å²) in [6.07, 6.45) is 0.886. The van der Waals surface area contributed by atoms with Crippen LogP contribution in [0.15, 0.2) is 12.5 Å². The molecule has 0 fully saturated rings. The number of carboxylic acid groups (broad SMARTS) is 3. The fourth-order valence-electron chi connectivity index (χ4n) is 2.65. The van der Waals surface area contributed by atoms with Crippen LogP contribution in [-0.2, 0) is 35.2 Å². The van der Waals surface area contributed by atoms with Crippen LogP contribution in [0.4, 0.5) is 0 Å². The van der Waals surface area contributed by atoms with Crippen LogP contribution in [0.5, 0.6) is 0 Å². The molecule has 1 heterocycles. The molecule has 1 aromatic rings. The van der Waals surface area contributed by atoms with Gasteiger partial charge in [-0.2, -0.15) is 12.6 Å². The quantitative estimate of drug-likeness (QED) is 0.110. The van der Waals surface area contributed by atoms with E-state index in [-0.39, 0.29) is 18.6 Å². The summed E-state index contributed by atoms with van der Waals surface area (Å²) in [6, 6.07) is -5.67. The van der Waals surface area contributed by atoms with Crippen molar-refractivity contribution in [1.82, 2.24) is 25.9 Å². The van der Waals surface area contributed by atoms with Gasteiger partial charge in [-0.1, -0.05) is 0 Å². The van der Waals surface area contributed by atoms with Gasteiger partial charge in [0.2, 0.25) is 17.7 Å². The number of aromatic nitrogens is 2. The SMILES string of the molecule is NC(CC(=O)O)C(=O)NC(CCC(=O)O)C(=O)NC(Cc1cnc[nH]1)C(=O)NC(CS)C(=O)O. The third-order valence-electron chi connectivity index (χ3n) is 4.42. The van der Waals surface area contributed by atoms with E-state index in [4.69, 9.17) is 21.1 Å². The second-order valence-electron chi connectivity index (χ2n) is 7.12. The fraction of sp³-hybridized carbons (Fsp3) is 0.500. The van der Waals surface area contributed by atoms with Gasteiger partial charge in [-0.3, -0.25) is 24.0 Å². The van der Waals surface area contributed by atoms with Crippen molar-refractivity contribution in [1.29, 1.82) is 0 Å². The van der Waals surface area contributed by atoms with Crippen LogP contribution in [0.2, 0.25) is 0 Å². The fourth-order valence-corrected chi connectivity index (χ4v) is 2.90. The molecule has 4 unspecified atom stereocenters. The van der Waals surface area contributed by atoms with Crippen LogP contribution in [-0.4, -0.2) is 90.8 Å². The number of carbonyl (C=O) groups excluding carboxylic acids is 3. The van der Waals surface area contributed by atoms with Gasteiger partial charge in [-0.25, -0.2) is 9.78 Å². The molecule has 1 rings (SSSR count). The smallest absolute Gasteiger partial charge is 0.327 e. The van der Waals surface area contributed by atoms with Gasteiger partial charge in [0.25, 0.3) is 0 Å². The van der Waals surface area contributed by atoms with Gasteiger partial charge in [0.15, 0.2) is 0 Å². The van der Waals surface area contributed by atoms with Crippen molar-refractivity contribution in [2.75, 3.05) is 5.75 Å². The van der Waals surface area contributed by atoms with Crippen LogP contribution in [0.3, 0.4) is 0 Å².